The van der Waals surface area contributed by atoms with Crippen LogP contribution in [0, 0.1) is 13.8 Å². The zero-order chi connectivity index (χ0) is 8.27. The van der Waals surface area contributed by atoms with Crippen LogP contribution < -0.4 is 5.90 Å². The molecule has 11 heavy (non-hydrogen) atoms. The fourth-order valence-electron chi connectivity index (χ4n) is 1.05. The summed E-state index contributed by atoms with van der Waals surface area (Å²) in [7, 11) is 0. The molecule has 1 aromatic rings. The van der Waals surface area contributed by atoms with Gasteiger partial charge in [0.2, 0.25) is 0 Å². The largest absolute Gasteiger partial charge is 0.300 e. The molecule has 60 valence electrons. The van der Waals surface area contributed by atoms with Crippen LogP contribution in [-0.2, 0) is 11.4 Å². The van der Waals surface area contributed by atoms with Gasteiger partial charge in [-0.05, 0) is 25.0 Å². The van der Waals surface area contributed by atoms with Gasteiger partial charge >= 0.3 is 0 Å². The van der Waals surface area contributed by atoms with Gasteiger partial charge in [0.25, 0.3) is 0 Å². The second kappa shape index (κ2) is 3.51. The molecule has 2 N–H and O–H groups in total. The maximum absolute atomic E-state index is 4.98. The Labute approximate surface area is 66.9 Å². The van der Waals surface area contributed by atoms with Crippen molar-refractivity contribution in [1.29, 1.82) is 0 Å². The molecule has 0 radical (unpaired) electrons. The molecule has 2 heteroatoms. The van der Waals surface area contributed by atoms with E-state index < -0.39 is 0 Å². The van der Waals surface area contributed by atoms with Gasteiger partial charge in [-0.15, -0.1) is 0 Å². The number of benzene rings is 1. The zero-order valence-electron chi connectivity index (χ0n) is 6.92. The normalized spacial score (nSPS) is 10.1. The lowest BCUT2D eigenvalue weighted by atomic mass is 10.1. The Morgan fingerprint density at radius 3 is 2.73 bits per heavy atom. The van der Waals surface area contributed by atoms with Gasteiger partial charge in [0, 0.05) is 0 Å². The molecule has 0 aliphatic heterocycles. The van der Waals surface area contributed by atoms with Crippen LogP contribution in [0.1, 0.15) is 16.7 Å². The number of hydrogen-bond acceptors (Lipinski definition) is 2. The van der Waals surface area contributed by atoms with Gasteiger partial charge in [-0.3, -0.25) is 4.84 Å². The summed E-state index contributed by atoms with van der Waals surface area (Å²) < 4.78 is 0. The highest BCUT2D eigenvalue weighted by Gasteiger charge is 1.96. The van der Waals surface area contributed by atoms with E-state index in [1.54, 1.807) is 0 Å². The highest BCUT2D eigenvalue weighted by atomic mass is 16.6. The van der Waals surface area contributed by atoms with Gasteiger partial charge in [0.05, 0.1) is 6.61 Å². The van der Waals surface area contributed by atoms with E-state index in [4.69, 9.17) is 5.90 Å². The Kier molecular flexibility index (Phi) is 2.63. The molecule has 2 nitrogen and oxygen atoms in total. The molecule has 0 saturated heterocycles. The van der Waals surface area contributed by atoms with Crippen LogP contribution in [0.25, 0.3) is 0 Å². The molecule has 0 unspecified atom stereocenters. The van der Waals surface area contributed by atoms with E-state index in [2.05, 4.69) is 30.0 Å². The van der Waals surface area contributed by atoms with Crippen molar-refractivity contribution in [3.05, 3.63) is 34.9 Å². The van der Waals surface area contributed by atoms with Gasteiger partial charge in [-0.1, -0.05) is 23.8 Å². The third kappa shape index (κ3) is 2.03. The molecule has 0 fully saturated rings. The maximum atomic E-state index is 4.98. The van der Waals surface area contributed by atoms with E-state index in [0.29, 0.717) is 6.61 Å². The molecule has 0 bridgehead atoms. The fraction of sp³-hybridized carbons (Fsp3) is 0.333. The first-order chi connectivity index (χ1) is 5.24. The van der Waals surface area contributed by atoms with Crippen molar-refractivity contribution in [3.63, 3.8) is 0 Å². The van der Waals surface area contributed by atoms with E-state index in [1.165, 1.54) is 11.1 Å². The van der Waals surface area contributed by atoms with Gasteiger partial charge < -0.3 is 0 Å². The number of nitrogens with two attached hydrogens (primary N) is 1. The highest BCUT2D eigenvalue weighted by molar-refractivity contribution is 5.29. The van der Waals surface area contributed by atoms with Crippen LogP contribution in [-0.4, -0.2) is 0 Å². The lowest BCUT2D eigenvalue weighted by Gasteiger charge is -2.04. The lowest BCUT2D eigenvalue weighted by molar-refractivity contribution is 0.123. The van der Waals surface area contributed by atoms with Crippen molar-refractivity contribution in [2.75, 3.05) is 0 Å². The maximum Gasteiger partial charge on any atom is 0.0932 e. The molecular formula is C9H13NO. The smallest absolute Gasteiger partial charge is 0.0932 e. The van der Waals surface area contributed by atoms with E-state index in [0.717, 1.165) is 5.56 Å². The van der Waals surface area contributed by atoms with Gasteiger partial charge in [-0.2, -0.15) is 0 Å². The molecule has 1 rings (SSSR count). The van der Waals surface area contributed by atoms with Crippen LogP contribution in [0.4, 0.5) is 0 Å². The Hall–Kier alpha value is -0.860. The molecule has 0 heterocycles. The summed E-state index contributed by atoms with van der Waals surface area (Å²) in [6.45, 7) is 4.60. The second-order valence-corrected chi connectivity index (χ2v) is 2.74. The minimum absolute atomic E-state index is 0.494. The third-order valence-corrected chi connectivity index (χ3v) is 1.74. The first kappa shape index (κ1) is 8.24. The summed E-state index contributed by atoms with van der Waals surface area (Å²) in [6.07, 6.45) is 0. The first-order valence-corrected chi connectivity index (χ1v) is 3.62. The van der Waals surface area contributed by atoms with Gasteiger partial charge in [0.1, 0.15) is 0 Å². The van der Waals surface area contributed by atoms with E-state index in [-0.39, 0.29) is 0 Å². The minimum Gasteiger partial charge on any atom is -0.300 e. The summed E-state index contributed by atoms with van der Waals surface area (Å²) in [5.74, 6) is 4.98. The first-order valence-electron chi connectivity index (χ1n) is 3.62. The summed E-state index contributed by atoms with van der Waals surface area (Å²) in [6, 6.07) is 6.24. The van der Waals surface area contributed by atoms with Gasteiger partial charge in [0.15, 0.2) is 0 Å². The zero-order valence-corrected chi connectivity index (χ0v) is 6.92. The van der Waals surface area contributed by atoms with Crippen LogP contribution in [0.5, 0.6) is 0 Å². The van der Waals surface area contributed by atoms with Crippen LogP contribution in [0.15, 0.2) is 18.2 Å². The van der Waals surface area contributed by atoms with Crippen molar-refractivity contribution in [2.45, 2.75) is 20.5 Å². The molecule has 0 aliphatic rings. The molecule has 0 atom stereocenters. The van der Waals surface area contributed by atoms with Crippen molar-refractivity contribution in [2.24, 2.45) is 5.90 Å². The minimum atomic E-state index is 0.494. The standard InChI is InChI=1S/C9H13NO/c1-7-3-4-8(2)9(5-7)6-11-10/h3-5H,6,10H2,1-2H3. The van der Waals surface area contributed by atoms with Crippen LogP contribution >= 0.6 is 0 Å². The number of aryl methyl sites for hydroxylation is 2. The number of rotatable bonds is 2. The predicted molar refractivity (Wildman–Crippen MR) is 44.9 cm³/mol. The van der Waals surface area contributed by atoms with Crippen molar-refractivity contribution >= 4 is 0 Å². The fourth-order valence-corrected chi connectivity index (χ4v) is 1.05. The topological polar surface area (TPSA) is 35.2 Å². The Balaban J connectivity index is 2.93. The van der Waals surface area contributed by atoms with Crippen LogP contribution in [0.3, 0.4) is 0 Å². The predicted octanol–water partition coefficient (Wildman–Crippen LogP) is 1.69. The number of hydrogen-bond donors (Lipinski definition) is 1. The quantitative estimate of drug-likeness (QED) is 0.653. The monoisotopic (exact) mass is 151 g/mol. The summed E-state index contributed by atoms with van der Waals surface area (Å²) in [4.78, 5) is 4.56. The Morgan fingerprint density at radius 1 is 1.36 bits per heavy atom. The van der Waals surface area contributed by atoms with Crippen LogP contribution in [0.2, 0.25) is 0 Å². The summed E-state index contributed by atoms with van der Waals surface area (Å²) >= 11 is 0. The molecule has 0 aliphatic carbocycles. The molecule has 1 aromatic carbocycles. The van der Waals surface area contributed by atoms with Gasteiger partial charge in [-0.25, -0.2) is 5.90 Å². The Morgan fingerprint density at radius 2 is 2.09 bits per heavy atom. The van der Waals surface area contributed by atoms with Crippen molar-refractivity contribution < 1.29 is 4.84 Å². The van der Waals surface area contributed by atoms with E-state index in [9.17, 15) is 0 Å². The molecule has 0 spiro atoms. The average molecular weight is 151 g/mol. The van der Waals surface area contributed by atoms with E-state index in [1.807, 2.05) is 6.92 Å². The lowest BCUT2D eigenvalue weighted by Crippen LogP contribution is -2.00. The molecule has 0 aromatic heterocycles. The molecule has 0 saturated carbocycles. The summed E-state index contributed by atoms with van der Waals surface area (Å²) in [5, 5.41) is 0. The molecule has 0 amide bonds. The summed E-state index contributed by atoms with van der Waals surface area (Å²) in [5.41, 5.74) is 3.62. The van der Waals surface area contributed by atoms with Crippen molar-refractivity contribution in [1.82, 2.24) is 0 Å². The second-order valence-electron chi connectivity index (χ2n) is 2.74. The van der Waals surface area contributed by atoms with E-state index >= 15 is 0 Å². The highest BCUT2D eigenvalue weighted by Crippen LogP contribution is 2.10. The molecular weight excluding hydrogens is 138 g/mol. The SMILES string of the molecule is Cc1ccc(C)c(CON)c1. The third-order valence-electron chi connectivity index (χ3n) is 1.74. The van der Waals surface area contributed by atoms with Crippen molar-refractivity contribution in [3.8, 4) is 0 Å². The Bertz CT molecular complexity index is 245. The average Bonchev–Trinajstić information content (AvgIpc) is 1.98.